The third kappa shape index (κ3) is 6.29. The van der Waals surface area contributed by atoms with E-state index in [0.717, 1.165) is 0 Å². The van der Waals surface area contributed by atoms with Gasteiger partial charge in [0.2, 0.25) is 5.91 Å². The minimum Gasteiger partial charge on any atom is -0.434 e. The van der Waals surface area contributed by atoms with Gasteiger partial charge in [-0.05, 0) is 18.6 Å². The molecule has 0 spiro atoms. The number of nitrogens with one attached hydrogen (secondary N) is 1. The van der Waals surface area contributed by atoms with Crippen LogP contribution < -0.4 is 10.1 Å². The number of hydrogen-bond donors (Lipinski definition) is 1. The summed E-state index contributed by atoms with van der Waals surface area (Å²) in [5, 5.41) is 2.65. The predicted octanol–water partition coefficient (Wildman–Crippen LogP) is 2.45. The van der Waals surface area contributed by atoms with Gasteiger partial charge in [0.1, 0.15) is 5.75 Å². The molecule has 0 aliphatic rings. The van der Waals surface area contributed by atoms with E-state index in [9.17, 15) is 13.6 Å². The summed E-state index contributed by atoms with van der Waals surface area (Å²) in [5.74, 6) is -0.265. The Morgan fingerprint density at radius 2 is 2.15 bits per heavy atom. The Morgan fingerprint density at radius 3 is 2.85 bits per heavy atom. The fourth-order valence-electron chi connectivity index (χ4n) is 1.47. The Bertz CT molecular complexity index is 450. The average molecular weight is 285 g/mol. The zero-order valence-electron chi connectivity index (χ0n) is 11.1. The topological polar surface area (TPSA) is 47.6 Å². The van der Waals surface area contributed by atoms with Gasteiger partial charge < -0.3 is 14.8 Å². The van der Waals surface area contributed by atoms with Crippen molar-refractivity contribution in [3.05, 3.63) is 35.9 Å². The summed E-state index contributed by atoms with van der Waals surface area (Å²) in [7, 11) is 1.58. The van der Waals surface area contributed by atoms with Crippen molar-refractivity contribution in [3.8, 4) is 5.75 Å². The third-order valence-electron chi connectivity index (χ3n) is 2.37. The molecular formula is C14H17F2NO3. The maximum atomic E-state index is 12.2. The Balaban J connectivity index is 2.54. The molecule has 0 aliphatic carbocycles. The first-order chi connectivity index (χ1) is 9.63. The van der Waals surface area contributed by atoms with Crippen molar-refractivity contribution in [2.45, 2.75) is 13.0 Å². The van der Waals surface area contributed by atoms with Crippen LogP contribution in [0.25, 0.3) is 6.08 Å². The third-order valence-corrected chi connectivity index (χ3v) is 2.37. The molecule has 110 valence electrons. The van der Waals surface area contributed by atoms with Crippen LogP contribution in [0.5, 0.6) is 5.75 Å². The van der Waals surface area contributed by atoms with E-state index >= 15 is 0 Å². The van der Waals surface area contributed by atoms with Crippen LogP contribution >= 0.6 is 0 Å². The van der Waals surface area contributed by atoms with Crippen LogP contribution in [0, 0.1) is 0 Å². The van der Waals surface area contributed by atoms with Crippen LogP contribution in [0.4, 0.5) is 8.78 Å². The lowest BCUT2D eigenvalue weighted by Crippen LogP contribution is -2.22. The van der Waals surface area contributed by atoms with Gasteiger partial charge in [0.25, 0.3) is 0 Å². The van der Waals surface area contributed by atoms with Crippen molar-refractivity contribution in [1.82, 2.24) is 5.32 Å². The maximum absolute atomic E-state index is 12.2. The van der Waals surface area contributed by atoms with Crippen molar-refractivity contribution in [2.75, 3.05) is 20.3 Å². The van der Waals surface area contributed by atoms with Crippen LogP contribution in [0.1, 0.15) is 12.0 Å². The summed E-state index contributed by atoms with van der Waals surface area (Å²) in [5.41, 5.74) is 0.417. The molecule has 1 N–H and O–H groups in total. The van der Waals surface area contributed by atoms with E-state index in [1.165, 1.54) is 18.2 Å². The van der Waals surface area contributed by atoms with Gasteiger partial charge in [-0.1, -0.05) is 18.2 Å². The predicted molar refractivity (Wildman–Crippen MR) is 71.6 cm³/mol. The van der Waals surface area contributed by atoms with Crippen molar-refractivity contribution in [1.29, 1.82) is 0 Å². The molecule has 0 aliphatic heterocycles. The second kappa shape index (κ2) is 9.03. The maximum Gasteiger partial charge on any atom is 0.387 e. The lowest BCUT2D eigenvalue weighted by Gasteiger charge is -2.07. The number of para-hydroxylation sites is 1. The number of carbonyl (C=O) groups is 1. The minimum atomic E-state index is -2.90. The van der Waals surface area contributed by atoms with Crippen molar-refractivity contribution in [3.63, 3.8) is 0 Å². The molecule has 1 aromatic carbocycles. The Morgan fingerprint density at radius 1 is 1.40 bits per heavy atom. The molecule has 0 bridgehead atoms. The molecule has 6 heteroatoms. The van der Waals surface area contributed by atoms with Gasteiger partial charge in [-0.15, -0.1) is 0 Å². The monoisotopic (exact) mass is 285 g/mol. The number of amides is 1. The van der Waals surface area contributed by atoms with Gasteiger partial charge >= 0.3 is 6.61 Å². The molecule has 0 unspecified atom stereocenters. The van der Waals surface area contributed by atoms with Gasteiger partial charge in [0.15, 0.2) is 0 Å². The van der Waals surface area contributed by atoms with Crippen LogP contribution in [0.2, 0.25) is 0 Å². The lowest BCUT2D eigenvalue weighted by atomic mass is 10.2. The fourth-order valence-corrected chi connectivity index (χ4v) is 1.47. The van der Waals surface area contributed by atoms with Gasteiger partial charge in [-0.3, -0.25) is 4.79 Å². The summed E-state index contributed by atoms with van der Waals surface area (Å²) < 4.78 is 33.6. The molecule has 0 aromatic heterocycles. The van der Waals surface area contributed by atoms with Crippen molar-refractivity contribution >= 4 is 12.0 Å². The number of carbonyl (C=O) groups excluding carboxylic acids is 1. The van der Waals surface area contributed by atoms with Gasteiger partial charge in [-0.2, -0.15) is 8.78 Å². The second-order valence-electron chi connectivity index (χ2n) is 3.89. The second-order valence-corrected chi connectivity index (χ2v) is 3.89. The first kappa shape index (κ1) is 16.1. The Hall–Kier alpha value is -1.95. The molecule has 1 aromatic rings. The summed E-state index contributed by atoms with van der Waals surface area (Å²) in [6.45, 7) is -1.84. The minimum absolute atomic E-state index is 0.0333. The number of halogens is 2. The van der Waals surface area contributed by atoms with E-state index < -0.39 is 6.61 Å². The molecule has 1 rings (SSSR count). The van der Waals surface area contributed by atoms with E-state index in [2.05, 4.69) is 10.1 Å². The molecule has 0 radical (unpaired) electrons. The smallest absolute Gasteiger partial charge is 0.387 e. The molecule has 20 heavy (non-hydrogen) atoms. The molecule has 0 heterocycles. The quantitative estimate of drug-likeness (QED) is 0.589. The van der Waals surface area contributed by atoms with Gasteiger partial charge in [-0.25, -0.2) is 0 Å². The Kier molecular flexibility index (Phi) is 7.27. The van der Waals surface area contributed by atoms with Crippen LogP contribution in [-0.4, -0.2) is 32.8 Å². The number of rotatable bonds is 8. The molecular weight excluding hydrogens is 268 g/mol. The van der Waals surface area contributed by atoms with E-state index in [1.807, 2.05) is 0 Å². The highest BCUT2D eigenvalue weighted by Gasteiger charge is 2.07. The van der Waals surface area contributed by atoms with Crippen molar-refractivity contribution < 1.29 is 23.0 Å². The van der Waals surface area contributed by atoms with Gasteiger partial charge in [0.05, 0.1) is 0 Å². The largest absolute Gasteiger partial charge is 0.434 e. The van der Waals surface area contributed by atoms with E-state index in [0.29, 0.717) is 25.1 Å². The average Bonchev–Trinajstić information content (AvgIpc) is 2.42. The summed E-state index contributed by atoms with van der Waals surface area (Å²) in [6.07, 6.45) is 3.42. The van der Waals surface area contributed by atoms with Crippen molar-refractivity contribution in [2.24, 2.45) is 0 Å². The van der Waals surface area contributed by atoms with Crippen LogP contribution in [-0.2, 0) is 9.53 Å². The zero-order chi connectivity index (χ0) is 14.8. The first-order valence-corrected chi connectivity index (χ1v) is 6.12. The molecule has 0 atom stereocenters. The van der Waals surface area contributed by atoms with E-state index in [-0.39, 0.29) is 11.7 Å². The summed E-state index contributed by atoms with van der Waals surface area (Å²) >= 11 is 0. The van der Waals surface area contributed by atoms with Crippen LogP contribution in [0.15, 0.2) is 30.3 Å². The number of alkyl halides is 2. The fraction of sp³-hybridized carbons (Fsp3) is 0.357. The summed E-state index contributed by atoms with van der Waals surface area (Å²) in [4.78, 5) is 11.5. The molecule has 0 fully saturated rings. The standard InChI is InChI=1S/C14H17F2NO3/c1-19-10-4-9-17-13(18)8-7-11-5-2-3-6-12(11)20-14(15)16/h2-3,5-8,14H,4,9-10H2,1H3,(H,17,18)/b8-7+. The highest BCUT2D eigenvalue weighted by molar-refractivity contribution is 5.92. The van der Waals surface area contributed by atoms with E-state index in [1.54, 1.807) is 25.3 Å². The molecule has 0 saturated heterocycles. The van der Waals surface area contributed by atoms with E-state index in [4.69, 9.17) is 4.74 Å². The molecule has 0 saturated carbocycles. The lowest BCUT2D eigenvalue weighted by molar-refractivity contribution is -0.116. The van der Waals surface area contributed by atoms with Crippen LogP contribution in [0.3, 0.4) is 0 Å². The molecule has 1 amide bonds. The number of ether oxygens (including phenoxy) is 2. The SMILES string of the molecule is COCCCNC(=O)/C=C/c1ccccc1OC(F)F. The number of benzene rings is 1. The van der Waals surface area contributed by atoms with Gasteiger partial charge in [0, 0.05) is 31.9 Å². The normalized spacial score (nSPS) is 11.0. The zero-order valence-corrected chi connectivity index (χ0v) is 11.1. The number of methoxy groups -OCH3 is 1. The summed E-state index contributed by atoms with van der Waals surface area (Å²) in [6, 6.07) is 6.27. The highest BCUT2D eigenvalue weighted by Crippen LogP contribution is 2.21. The number of hydrogen-bond acceptors (Lipinski definition) is 3. The highest BCUT2D eigenvalue weighted by atomic mass is 19.3. The Labute approximate surface area is 116 Å². The molecule has 4 nitrogen and oxygen atoms in total. The first-order valence-electron chi connectivity index (χ1n) is 6.12.